The lowest BCUT2D eigenvalue weighted by molar-refractivity contribution is -0.140. The molecule has 0 saturated carbocycles. The molecule has 0 heterocycles. The van der Waals surface area contributed by atoms with Crippen LogP contribution in [-0.4, -0.2) is 13.1 Å². The summed E-state index contributed by atoms with van der Waals surface area (Å²) in [4.78, 5) is 10.9. The van der Waals surface area contributed by atoms with Gasteiger partial charge in [-0.3, -0.25) is 4.79 Å². The van der Waals surface area contributed by atoms with E-state index in [1.165, 1.54) is 26.4 Å². The van der Waals surface area contributed by atoms with Crippen LogP contribution in [0.3, 0.4) is 0 Å². The van der Waals surface area contributed by atoms with Gasteiger partial charge >= 0.3 is 5.97 Å². The Balaban J connectivity index is 3.71. The number of esters is 1. The molecule has 0 spiro atoms. The van der Waals surface area contributed by atoms with Crippen LogP contribution in [0.4, 0.5) is 0 Å². The van der Waals surface area contributed by atoms with E-state index in [4.69, 9.17) is 1.37 Å². The number of hydrogen-bond donors (Lipinski definition) is 0. The standard InChI is InChI=1S/C19H30O2/c1-3-4-5-6-7-8-9-10-11-12-13-14-15-16-17-18-19(20)21-2/h7-14H,3-6,15-18H2,1-2H3/b8-7-,10-9+,12-11+,14-13-/i9D. The van der Waals surface area contributed by atoms with Gasteiger partial charge in [0.2, 0.25) is 0 Å². The fourth-order valence-electron chi connectivity index (χ4n) is 1.70. The number of hydrogen-bond acceptors (Lipinski definition) is 2. The Bertz CT molecular complexity index is 392. The smallest absolute Gasteiger partial charge is 0.305 e. The molecular weight excluding hydrogens is 260 g/mol. The highest BCUT2D eigenvalue weighted by Gasteiger charge is 1.97. The first-order valence-electron chi connectivity index (χ1n) is 8.44. The van der Waals surface area contributed by atoms with E-state index in [2.05, 4.69) is 23.8 Å². The zero-order chi connectivity index (χ0) is 16.5. The first-order chi connectivity index (χ1) is 10.7. The minimum Gasteiger partial charge on any atom is -0.469 e. The van der Waals surface area contributed by atoms with Crippen LogP contribution in [0.2, 0.25) is 0 Å². The topological polar surface area (TPSA) is 26.3 Å². The largest absolute Gasteiger partial charge is 0.469 e. The predicted molar refractivity (Wildman–Crippen MR) is 91.2 cm³/mol. The van der Waals surface area contributed by atoms with Crippen LogP contribution in [0.1, 0.15) is 59.7 Å². The quantitative estimate of drug-likeness (QED) is 0.269. The summed E-state index contributed by atoms with van der Waals surface area (Å²) in [5.41, 5.74) is 0. The van der Waals surface area contributed by atoms with Gasteiger partial charge in [0.05, 0.1) is 8.48 Å². The summed E-state index contributed by atoms with van der Waals surface area (Å²) in [5, 5.41) is 0. The van der Waals surface area contributed by atoms with E-state index >= 15 is 0 Å². The fourth-order valence-corrected chi connectivity index (χ4v) is 1.70. The third kappa shape index (κ3) is 16.4. The predicted octanol–water partition coefficient (Wildman–Crippen LogP) is 5.52. The Kier molecular flexibility index (Phi) is 13.7. The lowest BCUT2D eigenvalue weighted by atomic mass is 10.2. The average molecular weight is 291 g/mol. The number of carbonyl (C=O) groups excluding carboxylic acids is 1. The zero-order valence-corrected chi connectivity index (χ0v) is 13.5. The van der Waals surface area contributed by atoms with Crippen LogP contribution >= 0.6 is 0 Å². The molecule has 0 atom stereocenters. The minimum atomic E-state index is -0.139. The fraction of sp³-hybridized carbons (Fsp3) is 0.526. The maximum Gasteiger partial charge on any atom is 0.305 e. The first kappa shape index (κ1) is 17.5. The molecule has 0 saturated heterocycles. The Morgan fingerprint density at radius 3 is 2.33 bits per heavy atom. The van der Waals surface area contributed by atoms with Crippen LogP contribution < -0.4 is 0 Å². The maximum atomic E-state index is 10.9. The minimum absolute atomic E-state index is 0.139. The summed E-state index contributed by atoms with van der Waals surface area (Å²) in [6.07, 6.45) is 21.6. The van der Waals surface area contributed by atoms with Crippen molar-refractivity contribution in [2.45, 2.75) is 58.3 Å². The molecule has 0 unspecified atom stereocenters. The van der Waals surface area contributed by atoms with E-state index in [9.17, 15) is 4.79 Å². The molecule has 2 heteroatoms. The van der Waals surface area contributed by atoms with Crippen molar-refractivity contribution in [3.63, 3.8) is 0 Å². The highest BCUT2D eigenvalue weighted by Crippen LogP contribution is 2.02. The second kappa shape index (κ2) is 16.5. The Morgan fingerprint density at radius 1 is 0.952 bits per heavy atom. The number of unbranched alkanes of at least 4 members (excludes halogenated alkanes) is 5. The van der Waals surface area contributed by atoms with E-state index in [0.29, 0.717) is 12.5 Å². The van der Waals surface area contributed by atoms with Gasteiger partial charge in [-0.1, -0.05) is 68.3 Å². The van der Waals surface area contributed by atoms with E-state index in [0.717, 1.165) is 25.7 Å². The van der Waals surface area contributed by atoms with Gasteiger partial charge in [-0.15, -0.1) is 0 Å². The van der Waals surface area contributed by atoms with Crippen LogP contribution in [0.5, 0.6) is 0 Å². The van der Waals surface area contributed by atoms with Gasteiger partial charge in [0.25, 0.3) is 0 Å². The molecule has 0 N–H and O–H groups in total. The van der Waals surface area contributed by atoms with Crippen molar-refractivity contribution in [2.75, 3.05) is 7.11 Å². The summed E-state index contributed by atoms with van der Waals surface area (Å²) in [7, 11) is 1.42. The van der Waals surface area contributed by atoms with Crippen molar-refractivity contribution < 1.29 is 10.9 Å². The monoisotopic (exact) mass is 291 g/mol. The van der Waals surface area contributed by atoms with Crippen LogP contribution in [0, 0.1) is 0 Å². The summed E-state index contributed by atoms with van der Waals surface area (Å²) in [6.45, 7) is 2.19. The molecule has 0 aromatic rings. The van der Waals surface area contributed by atoms with Crippen molar-refractivity contribution in [1.82, 2.24) is 0 Å². The van der Waals surface area contributed by atoms with Gasteiger partial charge < -0.3 is 4.74 Å². The molecule has 0 fully saturated rings. The SMILES string of the molecule is [2H]C(/C=C\CCCCC)=C\C=C\C=C/CCCCC(=O)OC. The zero-order valence-electron chi connectivity index (χ0n) is 14.5. The molecule has 0 amide bonds. The molecule has 0 radical (unpaired) electrons. The first-order valence-corrected chi connectivity index (χ1v) is 7.94. The average Bonchev–Trinajstić information content (AvgIpc) is 2.52. The van der Waals surface area contributed by atoms with Crippen molar-refractivity contribution >= 4 is 5.97 Å². The number of allylic oxidation sites excluding steroid dienone is 8. The van der Waals surface area contributed by atoms with E-state index in [1.54, 1.807) is 6.08 Å². The second-order valence-electron chi connectivity index (χ2n) is 4.87. The van der Waals surface area contributed by atoms with Crippen LogP contribution in [0.15, 0.2) is 48.6 Å². The molecule has 0 aliphatic heterocycles. The van der Waals surface area contributed by atoms with Gasteiger partial charge in [-0.05, 0) is 32.1 Å². The normalized spacial score (nSPS) is 13.4. The maximum absolute atomic E-state index is 10.9. The Labute approximate surface area is 131 Å². The van der Waals surface area contributed by atoms with Gasteiger partial charge in [0.1, 0.15) is 0 Å². The summed E-state index contributed by atoms with van der Waals surface area (Å²) in [5.74, 6) is -0.139. The molecule has 2 nitrogen and oxygen atoms in total. The number of carbonyl (C=O) groups is 1. The number of methoxy groups -OCH3 is 1. The van der Waals surface area contributed by atoms with Gasteiger partial charge in [-0.25, -0.2) is 0 Å². The third-order valence-electron chi connectivity index (χ3n) is 2.97. The molecule has 0 aromatic heterocycles. The third-order valence-corrected chi connectivity index (χ3v) is 2.97. The lowest BCUT2D eigenvalue weighted by Gasteiger charge is -1.96. The lowest BCUT2D eigenvalue weighted by Crippen LogP contribution is -1.98. The van der Waals surface area contributed by atoms with E-state index < -0.39 is 0 Å². The summed E-state index contributed by atoms with van der Waals surface area (Å²) in [6, 6.07) is 0.527. The highest BCUT2D eigenvalue weighted by atomic mass is 16.5. The molecule has 0 rings (SSSR count). The van der Waals surface area contributed by atoms with Gasteiger partial charge in [-0.2, -0.15) is 0 Å². The van der Waals surface area contributed by atoms with Crippen molar-refractivity contribution in [2.24, 2.45) is 0 Å². The van der Waals surface area contributed by atoms with Crippen molar-refractivity contribution in [3.8, 4) is 0 Å². The number of ether oxygens (including phenoxy) is 1. The van der Waals surface area contributed by atoms with Crippen molar-refractivity contribution in [1.29, 1.82) is 0 Å². The van der Waals surface area contributed by atoms with Crippen LogP contribution in [-0.2, 0) is 9.53 Å². The molecule has 0 aliphatic carbocycles. The summed E-state index contributed by atoms with van der Waals surface area (Å²) < 4.78 is 12.3. The molecular formula is C19H30O2. The molecule has 118 valence electrons. The van der Waals surface area contributed by atoms with E-state index in [-0.39, 0.29) is 5.97 Å². The molecule has 0 aliphatic rings. The van der Waals surface area contributed by atoms with Gasteiger partial charge in [0, 0.05) is 6.42 Å². The second-order valence-corrected chi connectivity index (χ2v) is 4.87. The molecule has 0 bridgehead atoms. The van der Waals surface area contributed by atoms with Gasteiger partial charge in [0.15, 0.2) is 0 Å². The summed E-state index contributed by atoms with van der Waals surface area (Å²) >= 11 is 0. The number of rotatable bonds is 12. The van der Waals surface area contributed by atoms with Crippen molar-refractivity contribution in [3.05, 3.63) is 48.6 Å². The Morgan fingerprint density at radius 2 is 1.62 bits per heavy atom. The molecule has 21 heavy (non-hydrogen) atoms. The Hall–Kier alpha value is -1.57. The highest BCUT2D eigenvalue weighted by molar-refractivity contribution is 5.68. The van der Waals surface area contributed by atoms with E-state index in [1.807, 2.05) is 24.3 Å². The van der Waals surface area contributed by atoms with Crippen LogP contribution in [0.25, 0.3) is 0 Å². The molecule has 0 aromatic carbocycles.